The Morgan fingerprint density at radius 2 is 1.68 bits per heavy atom. The SMILES string of the molecule is CCc1ccccc1-n1c(C(C)N(CCC(C)C)C(=O)Nc2ccccc2Br)nc2ccccc2c1=O. The molecule has 0 bridgehead atoms. The first-order valence-electron chi connectivity index (χ1n) is 12.7. The molecule has 2 amide bonds. The highest BCUT2D eigenvalue weighted by atomic mass is 79.9. The van der Waals surface area contributed by atoms with Gasteiger partial charge in [-0.05, 0) is 77.5 Å². The normalized spacial score (nSPS) is 12.1. The molecule has 192 valence electrons. The van der Waals surface area contributed by atoms with E-state index in [0.29, 0.717) is 34.9 Å². The quantitative estimate of drug-likeness (QED) is 0.245. The fourth-order valence-corrected chi connectivity index (χ4v) is 4.83. The van der Waals surface area contributed by atoms with Crippen LogP contribution in [0.25, 0.3) is 16.6 Å². The van der Waals surface area contributed by atoms with Crippen LogP contribution in [0.5, 0.6) is 0 Å². The summed E-state index contributed by atoms with van der Waals surface area (Å²) in [4.78, 5) is 34.4. The van der Waals surface area contributed by atoms with E-state index < -0.39 is 6.04 Å². The number of aryl methyl sites for hydroxylation is 1. The van der Waals surface area contributed by atoms with E-state index in [-0.39, 0.29) is 11.6 Å². The lowest BCUT2D eigenvalue weighted by atomic mass is 10.1. The summed E-state index contributed by atoms with van der Waals surface area (Å²) < 4.78 is 2.50. The van der Waals surface area contributed by atoms with Crippen molar-refractivity contribution in [1.29, 1.82) is 0 Å². The summed E-state index contributed by atoms with van der Waals surface area (Å²) in [5.74, 6) is 0.939. The van der Waals surface area contributed by atoms with Crippen LogP contribution in [0.1, 0.15) is 51.5 Å². The standard InChI is InChI=1S/C30H33BrN4O2/c1-5-22-12-6-11-17-27(22)35-28(32-25-15-9-7-13-23(25)29(35)36)21(4)34(19-18-20(2)3)30(37)33-26-16-10-8-14-24(26)31/h6-17,20-21H,5,18-19H2,1-4H3,(H,33,37). The number of fused-ring (bicyclic) bond motifs is 1. The predicted octanol–water partition coefficient (Wildman–Crippen LogP) is 7.35. The fraction of sp³-hybridized carbons (Fsp3) is 0.300. The van der Waals surface area contributed by atoms with Crippen LogP contribution in [0.3, 0.4) is 0 Å². The molecule has 4 rings (SSSR count). The van der Waals surface area contributed by atoms with Crippen LogP contribution >= 0.6 is 15.9 Å². The third-order valence-corrected chi connectivity index (χ3v) is 7.27. The van der Waals surface area contributed by atoms with E-state index in [1.165, 1.54) is 0 Å². The molecule has 0 spiro atoms. The molecule has 3 aromatic carbocycles. The van der Waals surface area contributed by atoms with Gasteiger partial charge in [-0.2, -0.15) is 0 Å². The van der Waals surface area contributed by atoms with E-state index in [2.05, 4.69) is 42.0 Å². The second-order valence-corrected chi connectivity index (χ2v) is 10.4. The van der Waals surface area contributed by atoms with Gasteiger partial charge in [-0.1, -0.05) is 63.2 Å². The van der Waals surface area contributed by atoms with Gasteiger partial charge in [0.1, 0.15) is 5.82 Å². The molecule has 1 N–H and O–H groups in total. The van der Waals surface area contributed by atoms with Crippen LogP contribution in [0.2, 0.25) is 0 Å². The number of carbonyl (C=O) groups is 1. The number of carbonyl (C=O) groups excluding carboxylic acids is 1. The summed E-state index contributed by atoms with van der Waals surface area (Å²) in [6, 6.07) is 22.1. The van der Waals surface area contributed by atoms with Crippen molar-refractivity contribution in [2.24, 2.45) is 5.92 Å². The number of aromatic nitrogens is 2. The monoisotopic (exact) mass is 560 g/mol. The number of anilines is 1. The second-order valence-electron chi connectivity index (χ2n) is 9.57. The van der Waals surface area contributed by atoms with Crippen molar-refractivity contribution in [1.82, 2.24) is 14.5 Å². The molecule has 1 aromatic heterocycles. The molecule has 0 aliphatic heterocycles. The third-order valence-electron chi connectivity index (χ3n) is 6.58. The van der Waals surface area contributed by atoms with Crippen LogP contribution in [-0.4, -0.2) is 27.0 Å². The Morgan fingerprint density at radius 3 is 2.41 bits per heavy atom. The number of para-hydroxylation sites is 3. The minimum atomic E-state index is -0.469. The van der Waals surface area contributed by atoms with Gasteiger partial charge in [0.25, 0.3) is 5.56 Å². The average Bonchev–Trinajstić information content (AvgIpc) is 2.90. The van der Waals surface area contributed by atoms with Gasteiger partial charge >= 0.3 is 6.03 Å². The topological polar surface area (TPSA) is 67.2 Å². The number of hydrogen-bond acceptors (Lipinski definition) is 3. The molecule has 4 aromatic rings. The number of hydrogen-bond donors (Lipinski definition) is 1. The molecule has 0 aliphatic carbocycles. The molecule has 0 saturated heterocycles. The second kappa shape index (κ2) is 11.7. The largest absolute Gasteiger partial charge is 0.322 e. The highest BCUT2D eigenvalue weighted by Gasteiger charge is 2.28. The van der Waals surface area contributed by atoms with Crippen molar-refractivity contribution in [3.05, 3.63) is 99.0 Å². The minimum absolute atomic E-state index is 0.136. The molecule has 37 heavy (non-hydrogen) atoms. The first-order valence-corrected chi connectivity index (χ1v) is 13.5. The van der Waals surface area contributed by atoms with E-state index in [9.17, 15) is 9.59 Å². The van der Waals surface area contributed by atoms with E-state index in [0.717, 1.165) is 28.6 Å². The zero-order chi connectivity index (χ0) is 26.5. The molecule has 1 heterocycles. The van der Waals surface area contributed by atoms with Crippen LogP contribution in [0.4, 0.5) is 10.5 Å². The maximum atomic E-state index is 13.9. The molecule has 0 radical (unpaired) electrons. The van der Waals surface area contributed by atoms with Crippen LogP contribution in [0.15, 0.2) is 82.1 Å². The first kappa shape index (κ1) is 26.6. The zero-order valence-electron chi connectivity index (χ0n) is 21.7. The number of urea groups is 1. The predicted molar refractivity (Wildman–Crippen MR) is 154 cm³/mol. The Balaban J connectivity index is 1.87. The third kappa shape index (κ3) is 5.77. The number of halogens is 1. The molecule has 1 atom stereocenters. The van der Waals surface area contributed by atoms with Crippen LogP contribution < -0.4 is 10.9 Å². The number of nitrogens with zero attached hydrogens (tertiary/aromatic N) is 3. The highest BCUT2D eigenvalue weighted by Crippen LogP contribution is 2.27. The summed E-state index contributed by atoms with van der Waals surface area (Å²) in [6.45, 7) is 8.81. The number of amides is 2. The summed E-state index contributed by atoms with van der Waals surface area (Å²) in [5, 5.41) is 3.59. The van der Waals surface area contributed by atoms with Gasteiger partial charge in [-0.3, -0.25) is 9.36 Å². The van der Waals surface area contributed by atoms with Crippen LogP contribution in [-0.2, 0) is 6.42 Å². The Kier molecular flexibility index (Phi) is 8.44. The Hall–Kier alpha value is -3.45. The number of rotatable bonds is 8. The van der Waals surface area contributed by atoms with Gasteiger partial charge in [0.2, 0.25) is 0 Å². The van der Waals surface area contributed by atoms with Gasteiger partial charge in [0, 0.05) is 11.0 Å². The summed E-state index contributed by atoms with van der Waals surface area (Å²) >= 11 is 3.52. The van der Waals surface area contributed by atoms with Gasteiger partial charge in [0.05, 0.1) is 28.3 Å². The van der Waals surface area contributed by atoms with E-state index in [1.807, 2.05) is 73.7 Å². The lowest BCUT2D eigenvalue weighted by molar-refractivity contribution is 0.185. The Morgan fingerprint density at radius 1 is 1.00 bits per heavy atom. The maximum Gasteiger partial charge on any atom is 0.322 e. The van der Waals surface area contributed by atoms with Crippen molar-refractivity contribution < 1.29 is 4.79 Å². The molecule has 0 aliphatic rings. The summed E-state index contributed by atoms with van der Waals surface area (Å²) in [6.07, 6.45) is 1.58. The van der Waals surface area contributed by atoms with Crippen molar-refractivity contribution in [3.8, 4) is 5.69 Å². The van der Waals surface area contributed by atoms with E-state index in [4.69, 9.17) is 4.98 Å². The van der Waals surface area contributed by atoms with E-state index in [1.54, 1.807) is 15.5 Å². The van der Waals surface area contributed by atoms with Crippen molar-refractivity contribution in [2.45, 2.75) is 46.6 Å². The zero-order valence-corrected chi connectivity index (χ0v) is 23.3. The number of benzene rings is 3. The van der Waals surface area contributed by atoms with Gasteiger partial charge in [-0.15, -0.1) is 0 Å². The van der Waals surface area contributed by atoms with Crippen molar-refractivity contribution >= 4 is 38.6 Å². The smallest absolute Gasteiger partial charge is 0.315 e. The number of nitrogens with one attached hydrogen (secondary N) is 1. The van der Waals surface area contributed by atoms with Crippen LogP contribution in [0, 0.1) is 5.92 Å². The van der Waals surface area contributed by atoms with Gasteiger partial charge < -0.3 is 10.2 Å². The van der Waals surface area contributed by atoms with Gasteiger partial charge in [0.15, 0.2) is 0 Å². The Bertz CT molecular complexity index is 1460. The van der Waals surface area contributed by atoms with Crippen molar-refractivity contribution in [2.75, 3.05) is 11.9 Å². The molecular formula is C30H33BrN4O2. The molecule has 1 unspecified atom stereocenters. The molecule has 7 heteroatoms. The Labute approximate surface area is 226 Å². The van der Waals surface area contributed by atoms with Gasteiger partial charge in [-0.25, -0.2) is 9.78 Å². The minimum Gasteiger partial charge on any atom is -0.315 e. The highest BCUT2D eigenvalue weighted by molar-refractivity contribution is 9.10. The summed E-state index contributed by atoms with van der Waals surface area (Å²) in [7, 11) is 0. The molecular weight excluding hydrogens is 528 g/mol. The first-order chi connectivity index (χ1) is 17.8. The lowest BCUT2D eigenvalue weighted by Crippen LogP contribution is -2.41. The maximum absolute atomic E-state index is 13.9. The van der Waals surface area contributed by atoms with E-state index >= 15 is 0 Å². The molecule has 0 fully saturated rings. The molecule has 6 nitrogen and oxygen atoms in total. The van der Waals surface area contributed by atoms with Crippen molar-refractivity contribution in [3.63, 3.8) is 0 Å². The average molecular weight is 562 g/mol. The molecule has 0 saturated carbocycles. The lowest BCUT2D eigenvalue weighted by Gasteiger charge is -2.31. The summed E-state index contributed by atoms with van der Waals surface area (Å²) in [5.41, 5.74) is 3.01. The fourth-order valence-electron chi connectivity index (χ4n) is 4.45.